The van der Waals surface area contributed by atoms with Gasteiger partial charge in [0.05, 0.1) is 6.54 Å². The molecule has 0 unspecified atom stereocenters. The predicted molar refractivity (Wildman–Crippen MR) is 119 cm³/mol. The van der Waals surface area contributed by atoms with Crippen molar-refractivity contribution >= 4 is 11.6 Å². The van der Waals surface area contributed by atoms with E-state index in [0.29, 0.717) is 6.54 Å². The summed E-state index contributed by atoms with van der Waals surface area (Å²) in [5, 5.41) is 3.14. The third kappa shape index (κ3) is 6.77. The van der Waals surface area contributed by atoms with Crippen LogP contribution in [0.15, 0.2) is 42.5 Å². The lowest BCUT2D eigenvalue weighted by atomic mass is 10.1. The first-order valence-corrected chi connectivity index (χ1v) is 10.3. The third-order valence-corrected chi connectivity index (χ3v) is 5.18. The fourth-order valence-corrected chi connectivity index (χ4v) is 3.64. The molecule has 0 spiro atoms. The Morgan fingerprint density at radius 2 is 1.46 bits per heavy atom. The van der Waals surface area contributed by atoms with Gasteiger partial charge in [-0.25, -0.2) is 0 Å². The van der Waals surface area contributed by atoms with Crippen LogP contribution < -0.4 is 5.32 Å². The lowest BCUT2D eigenvalue weighted by Gasteiger charge is -2.26. The summed E-state index contributed by atoms with van der Waals surface area (Å²) in [6, 6.07) is 14.6. The lowest BCUT2D eigenvalue weighted by molar-refractivity contribution is -0.117. The van der Waals surface area contributed by atoms with Crippen LogP contribution >= 0.6 is 0 Å². The van der Waals surface area contributed by atoms with Gasteiger partial charge < -0.3 is 10.2 Å². The Labute approximate surface area is 170 Å². The maximum absolute atomic E-state index is 12.8. The van der Waals surface area contributed by atoms with Crippen molar-refractivity contribution in [2.75, 3.05) is 38.0 Å². The number of hydrogen-bond donors (Lipinski definition) is 1. The van der Waals surface area contributed by atoms with Crippen molar-refractivity contribution < 1.29 is 4.79 Å². The smallest absolute Gasteiger partial charge is 0.238 e. The number of anilines is 1. The minimum atomic E-state index is 0.0468. The molecule has 0 heterocycles. The first-order valence-electron chi connectivity index (χ1n) is 10.3. The Kier molecular flexibility index (Phi) is 8.68. The zero-order chi connectivity index (χ0) is 20.5. The molecule has 2 aromatic rings. The van der Waals surface area contributed by atoms with E-state index < -0.39 is 0 Å². The molecular weight excluding hydrogens is 346 g/mol. The summed E-state index contributed by atoms with van der Waals surface area (Å²) in [6.45, 7) is 15.6. The average molecular weight is 382 g/mol. The van der Waals surface area contributed by atoms with Crippen LogP contribution in [0.3, 0.4) is 0 Å². The number of nitrogens with one attached hydrogen (secondary N) is 1. The van der Waals surface area contributed by atoms with E-state index in [2.05, 4.69) is 86.1 Å². The number of amides is 1. The quantitative estimate of drug-likeness (QED) is 0.663. The van der Waals surface area contributed by atoms with Crippen LogP contribution in [0.5, 0.6) is 0 Å². The Morgan fingerprint density at radius 1 is 0.893 bits per heavy atom. The van der Waals surface area contributed by atoms with E-state index in [-0.39, 0.29) is 5.91 Å². The van der Waals surface area contributed by atoms with E-state index in [1.54, 1.807) is 0 Å². The molecule has 0 aliphatic heterocycles. The summed E-state index contributed by atoms with van der Waals surface area (Å²) in [5.74, 6) is 0.0468. The molecule has 28 heavy (non-hydrogen) atoms. The first-order chi connectivity index (χ1) is 13.4. The van der Waals surface area contributed by atoms with Gasteiger partial charge in [0.15, 0.2) is 0 Å². The third-order valence-electron chi connectivity index (χ3n) is 5.18. The summed E-state index contributed by atoms with van der Waals surface area (Å²) >= 11 is 0. The molecule has 0 aliphatic rings. The number of nitrogens with zero attached hydrogens (tertiary/aromatic N) is 2. The number of carbonyl (C=O) groups excluding carboxylic acids is 1. The molecule has 0 radical (unpaired) electrons. The maximum atomic E-state index is 12.8. The molecule has 0 aliphatic carbocycles. The first kappa shape index (κ1) is 22.1. The van der Waals surface area contributed by atoms with Crippen LogP contribution in [0.2, 0.25) is 0 Å². The summed E-state index contributed by atoms with van der Waals surface area (Å²) in [6.07, 6.45) is 0. The van der Waals surface area contributed by atoms with E-state index in [1.807, 2.05) is 6.07 Å². The standard InChI is InChI=1S/C24H35N3O/c1-6-26(7-2)13-14-27(17-22-11-9-8-10-12-22)18-23(28)25-24-20(4)15-19(3)16-21(24)5/h8-12,15-16H,6-7,13-14,17-18H2,1-5H3,(H,25,28). The molecular formula is C24H35N3O. The minimum Gasteiger partial charge on any atom is -0.324 e. The second-order valence-corrected chi connectivity index (χ2v) is 7.55. The highest BCUT2D eigenvalue weighted by molar-refractivity contribution is 5.93. The van der Waals surface area contributed by atoms with Crippen molar-refractivity contribution in [2.24, 2.45) is 0 Å². The van der Waals surface area contributed by atoms with Gasteiger partial charge in [0.2, 0.25) is 5.91 Å². The Hall–Kier alpha value is -2.17. The van der Waals surface area contributed by atoms with Gasteiger partial charge in [0, 0.05) is 25.3 Å². The molecule has 0 fully saturated rings. The molecule has 0 saturated heterocycles. The van der Waals surface area contributed by atoms with Gasteiger partial charge in [0.1, 0.15) is 0 Å². The van der Waals surface area contributed by atoms with Crippen molar-refractivity contribution in [3.8, 4) is 0 Å². The summed E-state index contributed by atoms with van der Waals surface area (Å²) in [5.41, 5.74) is 5.63. The van der Waals surface area contributed by atoms with E-state index in [4.69, 9.17) is 0 Å². The maximum Gasteiger partial charge on any atom is 0.238 e. The highest BCUT2D eigenvalue weighted by Gasteiger charge is 2.15. The Balaban J connectivity index is 2.06. The van der Waals surface area contributed by atoms with Gasteiger partial charge in [0.25, 0.3) is 0 Å². The summed E-state index contributed by atoms with van der Waals surface area (Å²) in [7, 11) is 0. The number of rotatable bonds is 10. The van der Waals surface area contributed by atoms with Crippen LogP contribution in [-0.2, 0) is 11.3 Å². The van der Waals surface area contributed by atoms with E-state index in [9.17, 15) is 4.79 Å². The Bertz CT molecular complexity index is 731. The second-order valence-electron chi connectivity index (χ2n) is 7.55. The number of likely N-dealkylation sites (N-methyl/N-ethyl adjacent to an activating group) is 1. The van der Waals surface area contributed by atoms with Crippen LogP contribution in [-0.4, -0.2) is 48.4 Å². The predicted octanol–water partition coefficient (Wildman–Crippen LogP) is 4.39. The lowest BCUT2D eigenvalue weighted by Crippen LogP contribution is -2.39. The highest BCUT2D eigenvalue weighted by Crippen LogP contribution is 2.22. The fraction of sp³-hybridized carbons (Fsp3) is 0.458. The van der Waals surface area contributed by atoms with Gasteiger partial charge in [-0.3, -0.25) is 9.69 Å². The fourth-order valence-electron chi connectivity index (χ4n) is 3.64. The van der Waals surface area contributed by atoms with Crippen LogP contribution in [0.4, 0.5) is 5.69 Å². The molecule has 2 aromatic carbocycles. The van der Waals surface area contributed by atoms with Gasteiger partial charge in [-0.05, 0) is 50.6 Å². The van der Waals surface area contributed by atoms with Crippen LogP contribution in [0.1, 0.15) is 36.1 Å². The zero-order valence-corrected chi connectivity index (χ0v) is 18.1. The molecule has 0 atom stereocenters. The van der Waals surface area contributed by atoms with Gasteiger partial charge in [-0.15, -0.1) is 0 Å². The van der Waals surface area contributed by atoms with Gasteiger partial charge in [-0.2, -0.15) is 0 Å². The molecule has 1 amide bonds. The normalized spacial score (nSPS) is 11.2. The molecule has 2 rings (SSSR count). The summed E-state index contributed by atoms with van der Waals surface area (Å²) < 4.78 is 0. The van der Waals surface area contributed by atoms with E-state index in [1.165, 1.54) is 11.1 Å². The van der Waals surface area contributed by atoms with Crippen LogP contribution in [0, 0.1) is 20.8 Å². The van der Waals surface area contributed by atoms with E-state index in [0.717, 1.165) is 49.5 Å². The average Bonchev–Trinajstić information content (AvgIpc) is 2.66. The molecule has 0 saturated carbocycles. The summed E-state index contributed by atoms with van der Waals surface area (Å²) in [4.78, 5) is 17.5. The van der Waals surface area contributed by atoms with Crippen molar-refractivity contribution in [2.45, 2.75) is 41.2 Å². The molecule has 0 bridgehead atoms. The monoisotopic (exact) mass is 381 g/mol. The van der Waals surface area contributed by atoms with Gasteiger partial charge in [-0.1, -0.05) is 61.9 Å². The SMILES string of the molecule is CCN(CC)CCN(CC(=O)Nc1c(C)cc(C)cc1C)Cc1ccccc1. The van der Waals surface area contributed by atoms with E-state index >= 15 is 0 Å². The molecule has 4 heteroatoms. The zero-order valence-electron chi connectivity index (χ0n) is 18.1. The molecule has 4 nitrogen and oxygen atoms in total. The molecule has 0 aromatic heterocycles. The Morgan fingerprint density at radius 3 is 2.04 bits per heavy atom. The molecule has 152 valence electrons. The highest BCUT2D eigenvalue weighted by atomic mass is 16.2. The van der Waals surface area contributed by atoms with Crippen molar-refractivity contribution in [3.05, 3.63) is 64.7 Å². The number of carbonyl (C=O) groups is 1. The van der Waals surface area contributed by atoms with Crippen molar-refractivity contribution in [3.63, 3.8) is 0 Å². The second kappa shape index (κ2) is 11.0. The number of aryl methyl sites for hydroxylation is 3. The number of hydrogen-bond acceptors (Lipinski definition) is 3. The minimum absolute atomic E-state index is 0.0468. The topological polar surface area (TPSA) is 35.6 Å². The largest absolute Gasteiger partial charge is 0.324 e. The van der Waals surface area contributed by atoms with Crippen molar-refractivity contribution in [1.29, 1.82) is 0 Å². The van der Waals surface area contributed by atoms with Crippen LogP contribution in [0.25, 0.3) is 0 Å². The number of benzene rings is 2. The molecule has 1 N–H and O–H groups in total. The van der Waals surface area contributed by atoms with Crippen molar-refractivity contribution in [1.82, 2.24) is 9.80 Å². The van der Waals surface area contributed by atoms with Gasteiger partial charge >= 0.3 is 0 Å².